The maximum atomic E-state index is 13.3. The number of rotatable bonds is 4. The van der Waals surface area contributed by atoms with Gasteiger partial charge in [-0.05, 0) is 25.5 Å². The van der Waals surface area contributed by atoms with Gasteiger partial charge in [-0.3, -0.25) is 4.98 Å². The Morgan fingerprint density at radius 1 is 1.47 bits per heavy atom. The highest BCUT2D eigenvalue weighted by Crippen LogP contribution is 2.20. The molecule has 5 heteroatoms. The van der Waals surface area contributed by atoms with Crippen molar-refractivity contribution in [1.82, 2.24) is 4.98 Å². The first-order chi connectivity index (χ1) is 7.06. The van der Waals surface area contributed by atoms with Crippen molar-refractivity contribution in [2.75, 3.05) is 5.33 Å². The zero-order valence-corrected chi connectivity index (χ0v) is 9.91. The van der Waals surface area contributed by atoms with Gasteiger partial charge >= 0.3 is 0 Å². The first-order valence-electron chi connectivity index (χ1n) is 4.61. The molecular weight excluding hydrogens is 265 g/mol. The fourth-order valence-electron chi connectivity index (χ4n) is 1.22. The number of aliphatic hydroxyl groups is 2. The van der Waals surface area contributed by atoms with Gasteiger partial charge in [-0.15, -0.1) is 0 Å². The van der Waals surface area contributed by atoms with Crippen LogP contribution >= 0.6 is 15.9 Å². The molecule has 1 rings (SSSR count). The van der Waals surface area contributed by atoms with E-state index in [2.05, 4.69) is 20.9 Å². The topological polar surface area (TPSA) is 53.4 Å². The molecule has 0 aliphatic rings. The van der Waals surface area contributed by atoms with E-state index in [0.29, 0.717) is 17.4 Å². The van der Waals surface area contributed by atoms with Crippen molar-refractivity contribution in [1.29, 1.82) is 0 Å². The molecule has 3 nitrogen and oxygen atoms in total. The zero-order chi connectivity index (χ0) is 11.4. The molecule has 1 aromatic heterocycles. The minimum atomic E-state index is -1.28. The van der Waals surface area contributed by atoms with Crippen LogP contribution in [0.1, 0.15) is 23.9 Å². The SMILES string of the molecule is Cc1ccc(F)c(C(O)C(O)CCBr)n1. The van der Waals surface area contributed by atoms with Crippen molar-refractivity contribution in [3.05, 3.63) is 29.3 Å². The van der Waals surface area contributed by atoms with Crippen LogP contribution in [0.3, 0.4) is 0 Å². The Morgan fingerprint density at radius 3 is 2.73 bits per heavy atom. The fourth-order valence-corrected chi connectivity index (χ4v) is 1.69. The van der Waals surface area contributed by atoms with E-state index in [0.717, 1.165) is 0 Å². The summed E-state index contributed by atoms with van der Waals surface area (Å²) in [6.45, 7) is 1.70. The lowest BCUT2D eigenvalue weighted by molar-refractivity contribution is 0.0124. The van der Waals surface area contributed by atoms with Crippen LogP contribution in [0.4, 0.5) is 4.39 Å². The van der Waals surface area contributed by atoms with Crippen molar-refractivity contribution in [3.63, 3.8) is 0 Å². The van der Waals surface area contributed by atoms with Gasteiger partial charge in [0.15, 0.2) is 0 Å². The quantitative estimate of drug-likeness (QED) is 0.824. The standard InChI is InChI=1S/C10H13BrFNO2/c1-6-2-3-7(12)9(13-6)10(15)8(14)4-5-11/h2-3,8,10,14-15H,4-5H2,1H3. The number of alkyl halides is 1. The molecule has 0 bridgehead atoms. The second-order valence-corrected chi connectivity index (χ2v) is 4.10. The van der Waals surface area contributed by atoms with Gasteiger partial charge in [-0.1, -0.05) is 15.9 Å². The van der Waals surface area contributed by atoms with Gasteiger partial charge < -0.3 is 10.2 Å². The maximum absolute atomic E-state index is 13.3. The molecule has 15 heavy (non-hydrogen) atoms. The monoisotopic (exact) mass is 277 g/mol. The molecule has 0 amide bonds. The number of pyridine rings is 1. The van der Waals surface area contributed by atoms with Crippen LogP contribution in [0.2, 0.25) is 0 Å². The number of nitrogens with zero attached hydrogens (tertiary/aromatic N) is 1. The van der Waals surface area contributed by atoms with Crippen molar-refractivity contribution in [2.24, 2.45) is 0 Å². The van der Waals surface area contributed by atoms with Gasteiger partial charge in [0.25, 0.3) is 0 Å². The van der Waals surface area contributed by atoms with E-state index in [4.69, 9.17) is 0 Å². The Bertz CT molecular complexity index is 335. The zero-order valence-electron chi connectivity index (χ0n) is 8.32. The van der Waals surface area contributed by atoms with E-state index in [9.17, 15) is 14.6 Å². The molecule has 2 unspecified atom stereocenters. The van der Waals surface area contributed by atoms with Crippen molar-refractivity contribution < 1.29 is 14.6 Å². The highest BCUT2D eigenvalue weighted by molar-refractivity contribution is 9.09. The predicted octanol–water partition coefficient (Wildman–Crippen LogP) is 1.71. The van der Waals surface area contributed by atoms with Crippen LogP contribution in [0.15, 0.2) is 12.1 Å². The van der Waals surface area contributed by atoms with Crippen LogP contribution in [0, 0.1) is 12.7 Å². The van der Waals surface area contributed by atoms with Crippen LogP contribution < -0.4 is 0 Å². The summed E-state index contributed by atoms with van der Waals surface area (Å²) >= 11 is 3.14. The van der Waals surface area contributed by atoms with Crippen molar-refractivity contribution in [2.45, 2.75) is 25.6 Å². The highest BCUT2D eigenvalue weighted by Gasteiger charge is 2.22. The number of aromatic nitrogens is 1. The maximum Gasteiger partial charge on any atom is 0.147 e. The van der Waals surface area contributed by atoms with Gasteiger partial charge in [0.1, 0.15) is 17.6 Å². The Balaban J connectivity index is 2.89. The van der Waals surface area contributed by atoms with Crippen molar-refractivity contribution >= 4 is 15.9 Å². The Kier molecular flexibility index (Phi) is 4.63. The molecule has 1 aromatic rings. The molecule has 0 aliphatic heterocycles. The highest BCUT2D eigenvalue weighted by atomic mass is 79.9. The molecule has 0 aliphatic carbocycles. The third kappa shape index (κ3) is 3.22. The second-order valence-electron chi connectivity index (χ2n) is 3.31. The van der Waals surface area contributed by atoms with E-state index >= 15 is 0 Å². The summed E-state index contributed by atoms with van der Waals surface area (Å²) in [5.41, 5.74) is 0.514. The average Bonchev–Trinajstić information content (AvgIpc) is 2.21. The molecule has 0 fully saturated rings. The number of aliphatic hydroxyl groups excluding tert-OH is 2. The Morgan fingerprint density at radius 2 is 2.13 bits per heavy atom. The molecule has 84 valence electrons. The van der Waals surface area contributed by atoms with Gasteiger partial charge in [0.05, 0.1) is 6.10 Å². The molecule has 0 saturated carbocycles. The third-order valence-electron chi connectivity index (χ3n) is 2.06. The van der Waals surface area contributed by atoms with Crippen LogP contribution in [-0.2, 0) is 0 Å². The number of halogens is 2. The smallest absolute Gasteiger partial charge is 0.147 e. The summed E-state index contributed by atoms with van der Waals surface area (Å²) in [6.07, 6.45) is -1.94. The summed E-state index contributed by atoms with van der Waals surface area (Å²) in [5, 5.41) is 19.7. The predicted molar refractivity (Wildman–Crippen MR) is 58.3 cm³/mol. The molecule has 0 spiro atoms. The first kappa shape index (κ1) is 12.5. The molecule has 1 heterocycles. The molecule has 0 radical (unpaired) electrons. The van der Waals surface area contributed by atoms with Crippen molar-refractivity contribution in [3.8, 4) is 0 Å². The summed E-state index contributed by atoms with van der Waals surface area (Å²) in [4.78, 5) is 3.88. The summed E-state index contributed by atoms with van der Waals surface area (Å²) in [6, 6.07) is 2.75. The van der Waals surface area contributed by atoms with Gasteiger partial charge in [-0.25, -0.2) is 4.39 Å². The molecule has 2 atom stereocenters. The van der Waals surface area contributed by atoms with E-state index < -0.39 is 18.0 Å². The van der Waals surface area contributed by atoms with Gasteiger partial charge in [0.2, 0.25) is 0 Å². The Hall–Kier alpha value is -0.520. The fraction of sp³-hybridized carbons (Fsp3) is 0.500. The van der Waals surface area contributed by atoms with Gasteiger partial charge in [-0.2, -0.15) is 0 Å². The largest absolute Gasteiger partial charge is 0.390 e. The third-order valence-corrected chi connectivity index (χ3v) is 2.52. The molecule has 2 N–H and O–H groups in total. The normalized spacial score (nSPS) is 15.0. The molecule has 0 aromatic carbocycles. The number of aryl methyl sites for hydroxylation is 1. The summed E-state index contributed by atoms with van der Waals surface area (Å²) in [5.74, 6) is -0.596. The average molecular weight is 278 g/mol. The lowest BCUT2D eigenvalue weighted by atomic mass is 10.1. The minimum Gasteiger partial charge on any atom is -0.390 e. The van der Waals surface area contributed by atoms with Crippen LogP contribution in [0.5, 0.6) is 0 Å². The number of hydrogen-bond acceptors (Lipinski definition) is 3. The van der Waals surface area contributed by atoms with Gasteiger partial charge in [0, 0.05) is 11.0 Å². The first-order valence-corrected chi connectivity index (χ1v) is 5.73. The van der Waals surface area contributed by atoms with Crippen LogP contribution in [-0.4, -0.2) is 26.6 Å². The van der Waals surface area contributed by atoms with E-state index in [-0.39, 0.29) is 5.69 Å². The van der Waals surface area contributed by atoms with E-state index in [1.54, 1.807) is 6.92 Å². The van der Waals surface area contributed by atoms with E-state index in [1.165, 1.54) is 12.1 Å². The van der Waals surface area contributed by atoms with E-state index in [1.807, 2.05) is 0 Å². The Labute approximate surface area is 96.1 Å². The number of hydrogen-bond donors (Lipinski definition) is 2. The second kappa shape index (κ2) is 5.53. The molecular formula is C10H13BrFNO2. The lowest BCUT2D eigenvalue weighted by Crippen LogP contribution is -2.21. The minimum absolute atomic E-state index is 0.0940. The lowest BCUT2D eigenvalue weighted by Gasteiger charge is -2.17. The summed E-state index contributed by atoms with van der Waals surface area (Å²) in [7, 11) is 0. The van der Waals surface area contributed by atoms with Crippen LogP contribution in [0.25, 0.3) is 0 Å². The summed E-state index contributed by atoms with van der Waals surface area (Å²) < 4.78 is 13.3. The molecule has 0 saturated heterocycles.